The van der Waals surface area contributed by atoms with E-state index in [0.29, 0.717) is 12.7 Å². The SMILES string of the molecule is Cl.N[C@@H](c1cccc2c1OCO2)C1CCCC1. The van der Waals surface area contributed by atoms with E-state index in [4.69, 9.17) is 15.2 Å². The Morgan fingerprint density at radius 1 is 1.18 bits per heavy atom. The zero-order valence-corrected chi connectivity index (χ0v) is 10.5. The van der Waals surface area contributed by atoms with Gasteiger partial charge in [0.25, 0.3) is 0 Å². The number of hydrogen-bond donors (Lipinski definition) is 1. The van der Waals surface area contributed by atoms with Crippen molar-refractivity contribution in [3.8, 4) is 11.5 Å². The second-order valence-corrected chi connectivity index (χ2v) is 4.65. The summed E-state index contributed by atoms with van der Waals surface area (Å²) in [6, 6.07) is 6.10. The largest absolute Gasteiger partial charge is 0.454 e. The van der Waals surface area contributed by atoms with Crippen molar-refractivity contribution in [1.82, 2.24) is 0 Å². The summed E-state index contributed by atoms with van der Waals surface area (Å²) < 4.78 is 10.9. The lowest BCUT2D eigenvalue weighted by Gasteiger charge is -2.20. The summed E-state index contributed by atoms with van der Waals surface area (Å²) in [5, 5.41) is 0. The third kappa shape index (κ3) is 2.22. The van der Waals surface area contributed by atoms with E-state index >= 15 is 0 Å². The molecule has 0 unspecified atom stereocenters. The van der Waals surface area contributed by atoms with Crippen LogP contribution in [0.15, 0.2) is 18.2 Å². The van der Waals surface area contributed by atoms with Crippen molar-refractivity contribution >= 4 is 12.4 Å². The van der Waals surface area contributed by atoms with Crippen LogP contribution < -0.4 is 15.2 Å². The number of nitrogens with two attached hydrogens (primary N) is 1. The first-order chi connectivity index (χ1) is 7.86. The smallest absolute Gasteiger partial charge is 0.231 e. The van der Waals surface area contributed by atoms with E-state index in [1.807, 2.05) is 12.1 Å². The summed E-state index contributed by atoms with van der Waals surface area (Å²) in [4.78, 5) is 0. The maximum absolute atomic E-state index is 6.34. The molecule has 1 aliphatic heterocycles. The van der Waals surface area contributed by atoms with Gasteiger partial charge in [-0.2, -0.15) is 0 Å². The molecule has 1 atom stereocenters. The van der Waals surface area contributed by atoms with E-state index in [0.717, 1.165) is 17.1 Å². The standard InChI is InChI=1S/C13H17NO2.ClH/c14-12(9-4-1-2-5-9)10-6-3-7-11-13(10)16-8-15-11;/h3,6-7,9,12H,1-2,4-5,8,14H2;1H/t12-;/m1./s1. The highest BCUT2D eigenvalue weighted by Crippen LogP contribution is 2.42. The number of benzene rings is 1. The lowest BCUT2D eigenvalue weighted by atomic mass is 9.92. The van der Waals surface area contributed by atoms with Crippen molar-refractivity contribution < 1.29 is 9.47 Å². The first-order valence-corrected chi connectivity index (χ1v) is 6.00. The fourth-order valence-corrected chi connectivity index (χ4v) is 2.79. The predicted octanol–water partition coefficient (Wildman–Crippen LogP) is 3.03. The van der Waals surface area contributed by atoms with E-state index in [9.17, 15) is 0 Å². The van der Waals surface area contributed by atoms with Gasteiger partial charge in [0.05, 0.1) is 0 Å². The summed E-state index contributed by atoms with van der Waals surface area (Å²) in [5.41, 5.74) is 7.45. The topological polar surface area (TPSA) is 44.5 Å². The van der Waals surface area contributed by atoms with Gasteiger partial charge in [-0.1, -0.05) is 25.0 Å². The van der Waals surface area contributed by atoms with Gasteiger partial charge in [-0.05, 0) is 24.8 Å². The Balaban J connectivity index is 0.00000108. The van der Waals surface area contributed by atoms with Gasteiger partial charge >= 0.3 is 0 Å². The van der Waals surface area contributed by atoms with Gasteiger partial charge in [0.2, 0.25) is 6.79 Å². The molecule has 1 saturated carbocycles. The monoisotopic (exact) mass is 255 g/mol. The molecule has 0 bridgehead atoms. The molecule has 17 heavy (non-hydrogen) atoms. The lowest BCUT2D eigenvalue weighted by molar-refractivity contribution is 0.172. The minimum Gasteiger partial charge on any atom is -0.454 e. The molecule has 2 aliphatic rings. The van der Waals surface area contributed by atoms with Gasteiger partial charge in [0.15, 0.2) is 11.5 Å². The minimum atomic E-state index is 0. The molecule has 3 rings (SSSR count). The fourth-order valence-electron chi connectivity index (χ4n) is 2.79. The number of para-hydroxylation sites is 1. The van der Waals surface area contributed by atoms with Crippen LogP contribution in [0.25, 0.3) is 0 Å². The molecule has 0 radical (unpaired) electrons. The number of ether oxygens (including phenoxy) is 2. The van der Waals surface area contributed by atoms with E-state index in [1.54, 1.807) is 0 Å². The highest BCUT2D eigenvalue weighted by Gasteiger charge is 2.28. The molecule has 1 aromatic rings. The van der Waals surface area contributed by atoms with Gasteiger partial charge in [-0.3, -0.25) is 0 Å². The van der Waals surface area contributed by atoms with E-state index in [-0.39, 0.29) is 18.4 Å². The van der Waals surface area contributed by atoms with Gasteiger partial charge in [-0.25, -0.2) is 0 Å². The van der Waals surface area contributed by atoms with Crippen LogP contribution in [0.4, 0.5) is 0 Å². The average Bonchev–Trinajstić information content (AvgIpc) is 2.98. The van der Waals surface area contributed by atoms with Gasteiger partial charge in [-0.15, -0.1) is 12.4 Å². The molecule has 0 spiro atoms. The van der Waals surface area contributed by atoms with Crippen LogP contribution >= 0.6 is 12.4 Å². The molecule has 1 heterocycles. The molecule has 0 amide bonds. The van der Waals surface area contributed by atoms with Crippen LogP contribution in [-0.4, -0.2) is 6.79 Å². The van der Waals surface area contributed by atoms with Gasteiger partial charge in [0, 0.05) is 11.6 Å². The van der Waals surface area contributed by atoms with Crippen LogP contribution in [0.2, 0.25) is 0 Å². The number of halogens is 1. The molecule has 0 aromatic heterocycles. The predicted molar refractivity (Wildman–Crippen MR) is 68.7 cm³/mol. The van der Waals surface area contributed by atoms with Crippen molar-refractivity contribution in [3.05, 3.63) is 23.8 Å². The Morgan fingerprint density at radius 3 is 2.71 bits per heavy atom. The third-order valence-corrected chi connectivity index (χ3v) is 3.69. The molecule has 2 N–H and O–H groups in total. The first kappa shape index (κ1) is 12.5. The van der Waals surface area contributed by atoms with Crippen LogP contribution in [0, 0.1) is 5.92 Å². The summed E-state index contributed by atoms with van der Waals surface area (Å²) in [7, 11) is 0. The molecular formula is C13H18ClNO2. The molecule has 1 aromatic carbocycles. The Labute approximate surface area is 108 Å². The van der Waals surface area contributed by atoms with Crippen LogP contribution in [0.5, 0.6) is 11.5 Å². The normalized spacial score (nSPS) is 20.1. The van der Waals surface area contributed by atoms with Crippen LogP contribution in [-0.2, 0) is 0 Å². The quantitative estimate of drug-likeness (QED) is 0.884. The van der Waals surface area contributed by atoms with E-state index < -0.39 is 0 Å². The number of rotatable bonds is 2. The zero-order valence-electron chi connectivity index (χ0n) is 9.72. The van der Waals surface area contributed by atoms with Crippen molar-refractivity contribution in [3.63, 3.8) is 0 Å². The number of hydrogen-bond acceptors (Lipinski definition) is 3. The molecule has 1 fully saturated rings. The Bertz CT molecular complexity index is 391. The van der Waals surface area contributed by atoms with Crippen molar-refractivity contribution in [1.29, 1.82) is 0 Å². The molecule has 3 nitrogen and oxygen atoms in total. The summed E-state index contributed by atoms with van der Waals surface area (Å²) in [6.45, 7) is 0.323. The maximum atomic E-state index is 6.34. The second kappa shape index (κ2) is 5.15. The molecule has 94 valence electrons. The average molecular weight is 256 g/mol. The highest BCUT2D eigenvalue weighted by molar-refractivity contribution is 5.85. The van der Waals surface area contributed by atoms with Crippen molar-refractivity contribution in [2.75, 3.05) is 6.79 Å². The van der Waals surface area contributed by atoms with Crippen molar-refractivity contribution in [2.24, 2.45) is 11.7 Å². The summed E-state index contributed by atoms with van der Waals surface area (Å²) in [5.74, 6) is 2.31. The Kier molecular flexibility index (Phi) is 3.79. The Hall–Kier alpha value is -0.930. The maximum Gasteiger partial charge on any atom is 0.231 e. The van der Waals surface area contributed by atoms with Crippen molar-refractivity contribution in [2.45, 2.75) is 31.7 Å². The van der Waals surface area contributed by atoms with E-state index in [2.05, 4.69) is 6.07 Å². The Morgan fingerprint density at radius 2 is 1.94 bits per heavy atom. The molecule has 0 saturated heterocycles. The summed E-state index contributed by atoms with van der Waals surface area (Å²) >= 11 is 0. The highest BCUT2D eigenvalue weighted by atomic mass is 35.5. The first-order valence-electron chi connectivity index (χ1n) is 6.00. The second-order valence-electron chi connectivity index (χ2n) is 4.65. The van der Waals surface area contributed by atoms with Crippen LogP contribution in [0.1, 0.15) is 37.3 Å². The lowest BCUT2D eigenvalue weighted by Crippen LogP contribution is -2.19. The molecular weight excluding hydrogens is 238 g/mol. The number of fused-ring (bicyclic) bond motifs is 1. The van der Waals surface area contributed by atoms with Gasteiger partial charge < -0.3 is 15.2 Å². The van der Waals surface area contributed by atoms with Gasteiger partial charge in [0.1, 0.15) is 0 Å². The van der Waals surface area contributed by atoms with E-state index in [1.165, 1.54) is 25.7 Å². The zero-order chi connectivity index (χ0) is 11.0. The van der Waals surface area contributed by atoms with Crippen LogP contribution in [0.3, 0.4) is 0 Å². The summed E-state index contributed by atoms with van der Waals surface area (Å²) in [6.07, 6.45) is 5.10. The third-order valence-electron chi connectivity index (χ3n) is 3.69. The molecule has 1 aliphatic carbocycles. The molecule has 4 heteroatoms. The minimum absolute atomic E-state index is 0. The fraction of sp³-hybridized carbons (Fsp3) is 0.538.